The first-order valence-electron chi connectivity index (χ1n) is 5.40. The lowest BCUT2D eigenvalue weighted by molar-refractivity contribution is 0.590. The van der Waals surface area contributed by atoms with E-state index < -0.39 is 0 Å². The van der Waals surface area contributed by atoms with E-state index in [2.05, 4.69) is 52.0 Å². The highest BCUT2D eigenvalue weighted by atomic mass is 14.2. The van der Waals surface area contributed by atoms with Crippen LogP contribution in [0.15, 0.2) is 35.8 Å². The molecule has 0 aromatic heterocycles. The molecule has 15 heavy (non-hydrogen) atoms. The predicted octanol–water partition coefficient (Wildman–Crippen LogP) is 3.60. The summed E-state index contributed by atoms with van der Waals surface area (Å²) in [6.07, 6.45) is 0.945. The van der Waals surface area contributed by atoms with Gasteiger partial charge < -0.3 is 0 Å². The molecule has 1 aromatic carbocycles. The highest BCUT2D eigenvalue weighted by Crippen LogP contribution is 2.22. The first-order valence-corrected chi connectivity index (χ1v) is 5.40. The van der Waals surface area contributed by atoms with Crippen molar-refractivity contribution in [2.45, 2.75) is 39.5 Å². The zero-order valence-corrected chi connectivity index (χ0v) is 10.2. The maximum Gasteiger partial charge on any atom is 0.102 e. The van der Waals surface area contributed by atoms with Gasteiger partial charge >= 0.3 is 0 Å². The number of hydrogen-bond acceptors (Lipinski definition) is 0. The van der Waals surface area contributed by atoms with Gasteiger partial charge in [-0.3, -0.25) is 0 Å². The van der Waals surface area contributed by atoms with Crippen LogP contribution >= 0.6 is 0 Å². The van der Waals surface area contributed by atoms with Gasteiger partial charge in [0.2, 0.25) is 0 Å². The summed E-state index contributed by atoms with van der Waals surface area (Å²) in [5, 5.41) is 0. The quantitative estimate of drug-likeness (QED) is 0.637. The van der Waals surface area contributed by atoms with Crippen molar-refractivity contribution in [1.29, 1.82) is 0 Å². The zero-order chi connectivity index (χ0) is 11.5. The van der Waals surface area contributed by atoms with Gasteiger partial charge in [-0.2, -0.15) is 0 Å². The molecule has 0 bridgehead atoms. The van der Waals surface area contributed by atoms with E-state index in [0.717, 1.165) is 6.42 Å². The predicted molar refractivity (Wildman–Crippen MR) is 68.4 cm³/mol. The van der Waals surface area contributed by atoms with Crippen LogP contribution in [0.1, 0.15) is 38.8 Å². The van der Waals surface area contributed by atoms with Gasteiger partial charge in [0.05, 0.1) is 0 Å². The number of benzene rings is 1. The third-order valence-corrected chi connectivity index (χ3v) is 2.59. The molecule has 0 aliphatic carbocycles. The number of allylic oxidation sites excluding steroid dienone is 1. The number of rotatable bonds is 2. The molecule has 0 saturated heterocycles. The molecule has 1 heteroatoms. The van der Waals surface area contributed by atoms with E-state index in [-0.39, 0.29) is 5.41 Å². The van der Waals surface area contributed by atoms with Crippen molar-refractivity contribution in [3.8, 4) is 0 Å². The molecule has 2 radical (unpaired) electrons. The average Bonchev–Trinajstić information content (AvgIpc) is 2.17. The second-order valence-electron chi connectivity index (χ2n) is 5.14. The smallest absolute Gasteiger partial charge is 0.102 e. The summed E-state index contributed by atoms with van der Waals surface area (Å²) in [6.45, 7) is 8.74. The van der Waals surface area contributed by atoms with E-state index >= 15 is 0 Å². The monoisotopic (exact) mass is 198 g/mol. The topological polar surface area (TPSA) is 0 Å². The average molecular weight is 198 g/mol. The Bertz CT molecular complexity index is 339. The molecule has 0 N–H and O–H groups in total. The Morgan fingerprint density at radius 3 is 2.13 bits per heavy atom. The molecule has 0 spiro atoms. The fraction of sp³-hybridized carbons (Fsp3) is 0.429. The molecule has 0 heterocycles. The van der Waals surface area contributed by atoms with E-state index in [1.807, 2.05) is 0 Å². The van der Waals surface area contributed by atoms with Gasteiger partial charge in [0, 0.05) is 0 Å². The van der Waals surface area contributed by atoms with E-state index in [9.17, 15) is 0 Å². The minimum atomic E-state index is 0.233. The van der Waals surface area contributed by atoms with Gasteiger partial charge in [-0.05, 0) is 29.9 Å². The first kappa shape index (κ1) is 12.1. The highest BCUT2D eigenvalue weighted by Gasteiger charge is 2.12. The molecule has 0 saturated carbocycles. The molecule has 1 aromatic rings. The van der Waals surface area contributed by atoms with Crippen LogP contribution in [-0.2, 0) is 11.8 Å². The van der Waals surface area contributed by atoms with Gasteiger partial charge in [0.25, 0.3) is 0 Å². The zero-order valence-electron chi connectivity index (χ0n) is 10.2. The maximum atomic E-state index is 5.46. The summed E-state index contributed by atoms with van der Waals surface area (Å²) in [4.78, 5) is 0. The van der Waals surface area contributed by atoms with E-state index in [1.165, 1.54) is 16.7 Å². The lowest BCUT2D eigenvalue weighted by atomic mass is 9.86. The Morgan fingerprint density at radius 1 is 1.20 bits per heavy atom. The van der Waals surface area contributed by atoms with Gasteiger partial charge in [-0.15, -0.1) is 5.98 Å². The highest BCUT2D eigenvalue weighted by molar-refractivity contribution is 6.17. The van der Waals surface area contributed by atoms with E-state index in [1.54, 1.807) is 5.98 Å². The van der Waals surface area contributed by atoms with Crippen LogP contribution in [0, 0.1) is 0 Å². The van der Waals surface area contributed by atoms with Crippen molar-refractivity contribution in [1.82, 2.24) is 0 Å². The van der Waals surface area contributed by atoms with Gasteiger partial charge in [0.1, 0.15) is 7.85 Å². The Hall–Kier alpha value is -0.975. The molecule has 0 unspecified atom stereocenters. The molecule has 0 aliphatic heterocycles. The second-order valence-corrected chi connectivity index (χ2v) is 5.14. The Kier molecular flexibility index (Phi) is 3.79. The summed E-state index contributed by atoms with van der Waals surface area (Å²) in [5.74, 6) is 1.68. The summed E-state index contributed by atoms with van der Waals surface area (Å²) in [7, 11) is 5.46. The van der Waals surface area contributed by atoms with Crippen LogP contribution in [0.5, 0.6) is 0 Å². The second kappa shape index (κ2) is 4.70. The van der Waals surface area contributed by atoms with Gasteiger partial charge in [0.15, 0.2) is 0 Å². The van der Waals surface area contributed by atoms with Crippen LogP contribution in [0.3, 0.4) is 0 Å². The van der Waals surface area contributed by atoms with Crippen molar-refractivity contribution < 1.29 is 0 Å². The molecule has 0 atom stereocenters. The lowest BCUT2D eigenvalue weighted by Crippen LogP contribution is -2.10. The molecule has 0 fully saturated rings. The molecule has 0 nitrogen and oxygen atoms in total. The standard InChI is InChI=1S/C14H19B/c1-11(10-15)9-12-5-7-13(8-6-12)14(2,3)4/h5-8,10H,9H2,1-4H3. The van der Waals surface area contributed by atoms with Gasteiger partial charge in [-0.25, -0.2) is 0 Å². The van der Waals surface area contributed by atoms with Crippen LogP contribution in [-0.4, -0.2) is 7.85 Å². The van der Waals surface area contributed by atoms with Crippen molar-refractivity contribution in [2.75, 3.05) is 0 Å². The molecule has 78 valence electrons. The van der Waals surface area contributed by atoms with Crippen molar-refractivity contribution in [2.24, 2.45) is 0 Å². The summed E-state index contributed by atoms with van der Waals surface area (Å²) in [6, 6.07) is 8.79. The minimum absolute atomic E-state index is 0.233. The summed E-state index contributed by atoms with van der Waals surface area (Å²) >= 11 is 0. The van der Waals surface area contributed by atoms with Gasteiger partial charge in [-0.1, -0.05) is 50.6 Å². The first-order chi connectivity index (χ1) is 6.93. The third-order valence-electron chi connectivity index (χ3n) is 2.59. The molecular weight excluding hydrogens is 179 g/mol. The molecule has 0 aliphatic rings. The summed E-state index contributed by atoms with van der Waals surface area (Å²) in [5.41, 5.74) is 4.14. The SMILES string of the molecule is [B]C=C(C)Cc1ccc(C(C)(C)C)cc1. The Balaban J connectivity index is 2.82. The van der Waals surface area contributed by atoms with Crippen LogP contribution < -0.4 is 0 Å². The van der Waals surface area contributed by atoms with Crippen molar-refractivity contribution >= 4 is 7.85 Å². The Labute approximate surface area is 94.8 Å². The van der Waals surface area contributed by atoms with E-state index in [4.69, 9.17) is 7.85 Å². The van der Waals surface area contributed by atoms with Crippen LogP contribution in [0.4, 0.5) is 0 Å². The number of hydrogen-bond donors (Lipinski definition) is 0. The van der Waals surface area contributed by atoms with Crippen LogP contribution in [0.2, 0.25) is 0 Å². The Morgan fingerprint density at radius 2 is 1.73 bits per heavy atom. The molecular formula is C14H19B. The maximum absolute atomic E-state index is 5.46. The molecule has 0 amide bonds. The normalized spacial score (nSPS) is 12.9. The fourth-order valence-corrected chi connectivity index (χ4v) is 1.50. The molecule has 1 rings (SSSR count). The van der Waals surface area contributed by atoms with Crippen molar-refractivity contribution in [3.63, 3.8) is 0 Å². The van der Waals surface area contributed by atoms with E-state index in [0.29, 0.717) is 0 Å². The third kappa shape index (κ3) is 3.58. The lowest BCUT2D eigenvalue weighted by Gasteiger charge is -2.19. The largest absolute Gasteiger partial charge is 0.132 e. The minimum Gasteiger partial charge on any atom is -0.132 e. The van der Waals surface area contributed by atoms with Crippen molar-refractivity contribution in [3.05, 3.63) is 46.9 Å². The van der Waals surface area contributed by atoms with Crippen LogP contribution in [0.25, 0.3) is 0 Å². The summed E-state index contributed by atoms with van der Waals surface area (Å²) < 4.78 is 0. The fourth-order valence-electron chi connectivity index (χ4n) is 1.50.